The largest absolute Gasteiger partial charge is 0.329 e. The Morgan fingerprint density at radius 2 is 1.95 bits per heavy atom. The second-order valence-corrected chi connectivity index (χ2v) is 7.99. The van der Waals surface area contributed by atoms with Gasteiger partial charge in [-0.1, -0.05) is 34.1 Å². The van der Waals surface area contributed by atoms with E-state index in [9.17, 15) is 0 Å². The normalized spacial score (nSPS) is 40.3. The minimum atomic E-state index is 0.517. The zero-order valence-corrected chi connectivity index (χ0v) is 13.5. The topological polar surface area (TPSA) is 29.3 Å². The molecule has 2 nitrogen and oxygen atoms in total. The van der Waals surface area contributed by atoms with Crippen molar-refractivity contribution in [1.82, 2.24) is 4.90 Å². The average Bonchev–Trinajstić information content (AvgIpc) is 2.35. The molecular formula is C17H34N2. The molecule has 0 aromatic heterocycles. The number of nitrogens with zero attached hydrogens (tertiary/aromatic N) is 1. The fourth-order valence-corrected chi connectivity index (χ4v) is 4.78. The maximum Gasteiger partial charge on any atom is 0.0223 e. The number of hydrogen-bond donors (Lipinski definition) is 1. The van der Waals surface area contributed by atoms with E-state index in [0.29, 0.717) is 11.5 Å². The van der Waals surface area contributed by atoms with Crippen molar-refractivity contribution >= 4 is 0 Å². The SMILES string of the molecule is CCC1CCN(C2CC(C)CC(C)(C)C2)C(CN)C1. The molecule has 112 valence electrons. The molecule has 0 aromatic rings. The summed E-state index contributed by atoms with van der Waals surface area (Å²) in [6.45, 7) is 11.8. The number of likely N-dealkylation sites (tertiary alicyclic amines) is 1. The molecule has 2 heteroatoms. The van der Waals surface area contributed by atoms with Gasteiger partial charge >= 0.3 is 0 Å². The Bertz CT molecular complexity index is 287. The Kier molecular flexibility index (Phi) is 4.94. The molecule has 2 aliphatic rings. The van der Waals surface area contributed by atoms with E-state index in [4.69, 9.17) is 5.73 Å². The third-order valence-corrected chi connectivity index (χ3v) is 5.55. The molecule has 4 atom stereocenters. The number of rotatable bonds is 3. The summed E-state index contributed by atoms with van der Waals surface area (Å²) in [5.41, 5.74) is 6.59. The first-order chi connectivity index (χ1) is 8.95. The summed E-state index contributed by atoms with van der Waals surface area (Å²) in [7, 11) is 0. The van der Waals surface area contributed by atoms with E-state index in [1.165, 1.54) is 45.1 Å². The molecule has 0 spiro atoms. The fraction of sp³-hybridized carbons (Fsp3) is 1.00. The van der Waals surface area contributed by atoms with Crippen LogP contribution in [0.4, 0.5) is 0 Å². The summed E-state index contributed by atoms with van der Waals surface area (Å²) >= 11 is 0. The first-order valence-corrected chi connectivity index (χ1v) is 8.41. The third-order valence-electron chi connectivity index (χ3n) is 5.55. The molecule has 19 heavy (non-hydrogen) atoms. The van der Waals surface area contributed by atoms with Crippen molar-refractivity contribution in [3.8, 4) is 0 Å². The molecule has 0 bridgehead atoms. The van der Waals surface area contributed by atoms with Crippen LogP contribution in [0.3, 0.4) is 0 Å². The van der Waals surface area contributed by atoms with Crippen molar-refractivity contribution < 1.29 is 0 Å². The Balaban J connectivity index is 2.03. The molecule has 2 fully saturated rings. The molecule has 1 heterocycles. The molecule has 2 N–H and O–H groups in total. The highest BCUT2D eigenvalue weighted by molar-refractivity contribution is 4.93. The van der Waals surface area contributed by atoms with Crippen molar-refractivity contribution in [3.05, 3.63) is 0 Å². The molecule has 1 saturated carbocycles. The van der Waals surface area contributed by atoms with Gasteiger partial charge in [0.1, 0.15) is 0 Å². The maximum absolute atomic E-state index is 6.08. The summed E-state index contributed by atoms with van der Waals surface area (Å²) in [5.74, 6) is 1.79. The number of nitrogens with two attached hydrogens (primary N) is 1. The Morgan fingerprint density at radius 3 is 2.53 bits per heavy atom. The van der Waals surface area contributed by atoms with E-state index in [2.05, 4.69) is 32.6 Å². The second kappa shape index (κ2) is 6.13. The molecule has 2 rings (SSSR count). The first-order valence-electron chi connectivity index (χ1n) is 8.41. The molecule has 0 aromatic carbocycles. The van der Waals surface area contributed by atoms with Crippen LogP contribution < -0.4 is 5.73 Å². The molecule has 1 aliphatic heterocycles. The van der Waals surface area contributed by atoms with E-state index >= 15 is 0 Å². The lowest BCUT2D eigenvalue weighted by atomic mass is 9.69. The highest BCUT2D eigenvalue weighted by Crippen LogP contribution is 2.42. The molecule has 0 amide bonds. The van der Waals surface area contributed by atoms with Crippen LogP contribution in [0.2, 0.25) is 0 Å². The predicted octanol–water partition coefficient (Wildman–Crippen LogP) is 3.65. The van der Waals surface area contributed by atoms with Gasteiger partial charge < -0.3 is 5.73 Å². The van der Waals surface area contributed by atoms with Gasteiger partial charge in [-0.05, 0) is 55.9 Å². The minimum absolute atomic E-state index is 0.517. The predicted molar refractivity (Wildman–Crippen MR) is 83.1 cm³/mol. The van der Waals surface area contributed by atoms with Gasteiger partial charge in [-0.15, -0.1) is 0 Å². The fourth-order valence-electron chi connectivity index (χ4n) is 4.78. The van der Waals surface area contributed by atoms with E-state index in [1.807, 2.05) is 0 Å². The quantitative estimate of drug-likeness (QED) is 0.845. The van der Waals surface area contributed by atoms with Crippen molar-refractivity contribution in [2.24, 2.45) is 23.0 Å². The Labute approximate surface area is 120 Å². The number of piperidine rings is 1. The van der Waals surface area contributed by atoms with Crippen LogP contribution in [-0.2, 0) is 0 Å². The van der Waals surface area contributed by atoms with Crippen molar-refractivity contribution in [1.29, 1.82) is 0 Å². The van der Waals surface area contributed by atoms with Crippen LogP contribution in [0.1, 0.15) is 66.2 Å². The molecular weight excluding hydrogens is 232 g/mol. The van der Waals surface area contributed by atoms with E-state index in [0.717, 1.165) is 24.4 Å². The zero-order valence-electron chi connectivity index (χ0n) is 13.5. The lowest BCUT2D eigenvalue weighted by Gasteiger charge is -2.49. The number of hydrogen-bond acceptors (Lipinski definition) is 2. The van der Waals surface area contributed by atoms with Gasteiger partial charge in [0, 0.05) is 18.6 Å². The molecule has 1 saturated heterocycles. The van der Waals surface area contributed by atoms with Gasteiger partial charge in [-0.25, -0.2) is 0 Å². The van der Waals surface area contributed by atoms with Gasteiger partial charge in [0.2, 0.25) is 0 Å². The minimum Gasteiger partial charge on any atom is -0.329 e. The summed E-state index contributed by atoms with van der Waals surface area (Å²) in [6.07, 6.45) is 8.19. The maximum atomic E-state index is 6.08. The summed E-state index contributed by atoms with van der Waals surface area (Å²) in [5, 5.41) is 0. The van der Waals surface area contributed by atoms with Crippen LogP contribution in [0, 0.1) is 17.3 Å². The lowest BCUT2D eigenvalue weighted by Crippen LogP contribution is -2.54. The van der Waals surface area contributed by atoms with Gasteiger partial charge in [-0.2, -0.15) is 0 Å². The Hall–Kier alpha value is -0.0800. The van der Waals surface area contributed by atoms with Crippen LogP contribution in [0.25, 0.3) is 0 Å². The van der Waals surface area contributed by atoms with Crippen LogP contribution >= 0.6 is 0 Å². The highest BCUT2D eigenvalue weighted by atomic mass is 15.2. The van der Waals surface area contributed by atoms with Gasteiger partial charge in [0.25, 0.3) is 0 Å². The zero-order chi connectivity index (χ0) is 14.0. The lowest BCUT2D eigenvalue weighted by molar-refractivity contribution is 0.0100. The smallest absolute Gasteiger partial charge is 0.0223 e. The van der Waals surface area contributed by atoms with E-state index in [-0.39, 0.29) is 0 Å². The van der Waals surface area contributed by atoms with Crippen LogP contribution in [0.5, 0.6) is 0 Å². The standard InChI is InChI=1S/C17H34N2/c1-5-14-6-7-19(16(9-14)12-18)15-8-13(2)10-17(3,4)11-15/h13-16H,5-12,18H2,1-4H3. The molecule has 4 unspecified atom stereocenters. The monoisotopic (exact) mass is 266 g/mol. The van der Waals surface area contributed by atoms with Crippen molar-refractivity contribution in [2.45, 2.75) is 78.3 Å². The van der Waals surface area contributed by atoms with E-state index in [1.54, 1.807) is 0 Å². The van der Waals surface area contributed by atoms with Crippen LogP contribution in [0.15, 0.2) is 0 Å². The third kappa shape index (κ3) is 3.72. The molecule has 1 aliphatic carbocycles. The molecule has 0 radical (unpaired) electrons. The second-order valence-electron chi connectivity index (χ2n) is 7.99. The van der Waals surface area contributed by atoms with Gasteiger partial charge in [-0.3, -0.25) is 4.90 Å². The van der Waals surface area contributed by atoms with Gasteiger partial charge in [0.15, 0.2) is 0 Å². The summed E-state index contributed by atoms with van der Waals surface area (Å²) < 4.78 is 0. The summed E-state index contributed by atoms with van der Waals surface area (Å²) in [4.78, 5) is 2.78. The van der Waals surface area contributed by atoms with Crippen molar-refractivity contribution in [2.75, 3.05) is 13.1 Å². The van der Waals surface area contributed by atoms with Gasteiger partial charge in [0.05, 0.1) is 0 Å². The van der Waals surface area contributed by atoms with Crippen molar-refractivity contribution in [3.63, 3.8) is 0 Å². The first kappa shape index (κ1) is 15.3. The van der Waals surface area contributed by atoms with E-state index < -0.39 is 0 Å². The Morgan fingerprint density at radius 1 is 1.21 bits per heavy atom. The summed E-state index contributed by atoms with van der Waals surface area (Å²) in [6, 6.07) is 1.43. The highest BCUT2D eigenvalue weighted by Gasteiger charge is 2.38. The van der Waals surface area contributed by atoms with Crippen LogP contribution in [-0.4, -0.2) is 30.1 Å². The average molecular weight is 266 g/mol.